The van der Waals surface area contributed by atoms with E-state index in [1.54, 1.807) is 0 Å². The van der Waals surface area contributed by atoms with E-state index >= 15 is 0 Å². The summed E-state index contributed by atoms with van der Waals surface area (Å²) < 4.78 is 0. The van der Waals surface area contributed by atoms with Crippen LogP contribution in [0.1, 0.15) is 39.5 Å². The Morgan fingerprint density at radius 3 is 2.75 bits per heavy atom. The predicted molar refractivity (Wildman–Crippen MR) is 46.8 cm³/mol. The maximum atomic E-state index is 11.4. The number of carbonyl (C=O) groups is 2. The van der Waals surface area contributed by atoms with E-state index in [1.165, 1.54) is 0 Å². The molecule has 1 saturated carbocycles. The molecule has 2 heteroatoms. The molecule has 0 spiro atoms. The molecular weight excluding hydrogens is 152 g/mol. The van der Waals surface area contributed by atoms with E-state index in [0.29, 0.717) is 30.8 Å². The van der Waals surface area contributed by atoms with Crippen molar-refractivity contribution in [3.8, 4) is 0 Å². The van der Waals surface area contributed by atoms with Crippen LogP contribution in [-0.2, 0) is 9.59 Å². The number of carbonyl (C=O) groups excluding carboxylic acids is 2. The maximum absolute atomic E-state index is 11.4. The van der Waals surface area contributed by atoms with E-state index in [1.807, 2.05) is 13.8 Å². The van der Waals surface area contributed by atoms with Gasteiger partial charge in [0.1, 0.15) is 11.6 Å². The summed E-state index contributed by atoms with van der Waals surface area (Å²) in [6.45, 7) is 3.90. The van der Waals surface area contributed by atoms with Gasteiger partial charge in [-0.05, 0) is 12.3 Å². The van der Waals surface area contributed by atoms with Crippen molar-refractivity contribution in [2.45, 2.75) is 39.5 Å². The summed E-state index contributed by atoms with van der Waals surface area (Å²) in [4.78, 5) is 22.4. The SMILES string of the molecule is CCC(=O)[C@H]1CCC(=O)C[C@H]1C. The van der Waals surface area contributed by atoms with Crippen LogP contribution in [0, 0.1) is 11.8 Å². The normalized spacial score (nSPS) is 30.3. The second kappa shape index (κ2) is 3.83. The Hall–Kier alpha value is -0.660. The van der Waals surface area contributed by atoms with E-state index in [2.05, 4.69) is 0 Å². The van der Waals surface area contributed by atoms with Crippen molar-refractivity contribution in [3.63, 3.8) is 0 Å². The van der Waals surface area contributed by atoms with Crippen LogP contribution < -0.4 is 0 Å². The van der Waals surface area contributed by atoms with Gasteiger partial charge >= 0.3 is 0 Å². The lowest BCUT2D eigenvalue weighted by molar-refractivity contribution is -0.129. The molecule has 1 rings (SSSR count). The Bertz CT molecular complexity index is 196. The standard InChI is InChI=1S/C10H16O2/c1-3-10(12)9-5-4-8(11)6-7(9)2/h7,9H,3-6H2,1-2H3/t7-,9+/m1/s1. The fourth-order valence-electron chi connectivity index (χ4n) is 1.94. The molecule has 68 valence electrons. The number of ketones is 2. The molecule has 0 radical (unpaired) electrons. The smallest absolute Gasteiger partial charge is 0.135 e. The van der Waals surface area contributed by atoms with Crippen LogP contribution in [0.15, 0.2) is 0 Å². The van der Waals surface area contributed by atoms with E-state index in [4.69, 9.17) is 0 Å². The second-order valence-corrected chi connectivity index (χ2v) is 3.69. The van der Waals surface area contributed by atoms with Crippen LogP contribution in [0.3, 0.4) is 0 Å². The highest BCUT2D eigenvalue weighted by molar-refractivity contribution is 5.86. The lowest BCUT2D eigenvalue weighted by Gasteiger charge is -2.26. The zero-order valence-corrected chi connectivity index (χ0v) is 7.80. The molecule has 0 aromatic rings. The highest BCUT2D eigenvalue weighted by atomic mass is 16.1. The molecule has 0 aromatic heterocycles. The van der Waals surface area contributed by atoms with Crippen LogP contribution in [-0.4, -0.2) is 11.6 Å². The van der Waals surface area contributed by atoms with Crippen molar-refractivity contribution in [1.82, 2.24) is 0 Å². The fourth-order valence-corrected chi connectivity index (χ4v) is 1.94. The van der Waals surface area contributed by atoms with Crippen molar-refractivity contribution in [2.75, 3.05) is 0 Å². The van der Waals surface area contributed by atoms with E-state index in [0.717, 1.165) is 6.42 Å². The maximum Gasteiger partial charge on any atom is 0.135 e. The largest absolute Gasteiger partial charge is 0.300 e. The predicted octanol–water partition coefficient (Wildman–Crippen LogP) is 1.97. The quantitative estimate of drug-likeness (QED) is 0.631. The third-order valence-electron chi connectivity index (χ3n) is 2.73. The van der Waals surface area contributed by atoms with E-state index in [9.17, 15) is 9.59 Å². The van der Waals surface area contributed by atoms with Gasteiger partial charge in [-0.2, -0.15) is 0 Å². The van der Waals surface area contributed by atoms with Gasteiger partial charge in [-0.25, -0.2) is 0 Å². The first kappa shape index (κ1) is 9.43. The molecule has 1 aliphatic carbocycles. The summed E-state index contributed by atoms with van der Waals surface area (Å²) in [6, 6.07) is 0. The zero-order chi connectivity index (χ0) is 9.14. The molecule has 0 aromatic carbocycles. The molecule has 2 atom stereocenters. The number of Topliss-reactive ketones (excluding diaryl/α,β-unsaturated/α-hetero) is 2. The van der Waals surface area contributed by atoms with Gasteiger partial charge in [0.15, 0.2) is 0 Å². The Kier molecular flexibility index (Phi) is 3.01. The van der Waals surface area contributed by atoms with Gasteiger partial charge < -0.3 is 0 Å². The Labute approximate surface area is 73.3 Å². The van der Waals surface area contributed by atoms with Gasteiger partial charge in [-0.3, -0.25) is 9.59 Å². The van der Waals surface area contributed by atoms with Crippen molar-refractivity contribution < 1.29 is 9.59 Å². The molecule has 0 saturated heterocycles. The van der Waals surface area contributed by atoms with Crippen molar-refractivity contribution >= 4 is 11.6 Å². The fraction of sp³-hybridized carbons (Fsp3) is 0.800. The van der Waals surface area contributed by atoms with Gasteiger partial charge in [-0.15, -0.1) is 0 Å². The topological polar surface area (TPSA) is 34.1 Å². The minimum absolute atomic E-state index is 0.160. The molecule has 0 amide bonds. The van der Waals surface area contributed by atoms with Gasteiger partial charge in [0, 0.05) is 25.2 Å². The van der Waals surface area contributed by atoms with Gasteiger partial charge in [0.25, 0.3) is 0 Å². The first-order chi connectivity index (χ1) is 5.65. The summed E-state index contributed by atoms with van der Waals surface area (Å²) in [5.74, 6) is 1.09. The molecule has 0 bridgehead atoms. The Balaban J connectivity index is 2.56. The molecule has 1 fully saturated rings. The highest BCUT2D eigenvalue weighted by Gasteiger charge is 2.29. The molecular formula is C10H16O2. The number of rotatable bonds is 2. The number of hydrogen-bond acceptors (Lipinski definition) is 2. The summed E-state index contributed by atoms with van der Waals surface area (Å²) in [5, 5.41) is 0. The van der Waals surface area contributed by atoms with Crippen molar-refractivity contribution in [2.24, 2.45) is 11.8 Å². The minimum atomic E-state index is 0.160. The van der Waals surface area contributed by atoms with Crippen LogP contribution in [0.4, 0.5) is 0 Å². The van der Waals surface area contributed by atoms with Crippen LogP contribution in [0.5, 0.6) is 0 Å². The monoisotopic (exact) mass is 168 g/mol. The molecule has 12 heavy (non-hydrogen) atoms. The highest BCUT2D eigenvalue weighted by Crippen LogP contribution is 2.28. The van der Waals surface area contributed by atoms with Crippen molar-refractivity contribution in [1.29, 1.82) is 0 Å². The molecule has 1 aliphatic rings. The Morgan fingerprint density at radius 1 is 1.58 bits per heavy atom. The molecule has 2 nitrogen and oxygen atoms in total. The van der Waals surface area contributed by atoms with Gasteiger partial charge in [0.05, 0.1) is 0 Å². The first-order valence-electron chi connectivity index (χ1n) is 4.69. The summed E-state index contributed by atoms with van der Waals surface area (Å²) in [6.07, 6.45) is 2.62. The molecule has 0 aliphatic heterocycles. The first-order valence-corrected chi connectivity index (χ1v) is 4.69. The van der Waals surface area contributed by atoms with E-state index in [-0.39, 0.29) is 11.8 Å². The summed E-state index contributed by atoms with van der Waals surface area (Å²) in [7, 11) is 0. The zero-order valence-electron chi connectivity index (χ0n) is 7.80. The lowest BCUT2D eigenvalue weighted by Crippen LogP contribution is -2.28. The van der Waals surface area contributed by atoms with Crippen LogP contribution >= 0.6 is 0 Å². The second-order valence-electron chi connectivity index (χ2n) is 3.69. The average molecular weight is 168 g/mol. The third kappa shape index (κ3) is 1.93. The van der Waals surface area contributed by atoms with Crippen LogP contribution in [0.2, 0.25) is 0 Å². The van der Waals surface area contributed by atoms with Crippen molar-refractivity contribution in [3.05, 3.63) is 0 Å². The van der Waals surface area contributed by atoms with E-state index < -0.39 is 0 Å². The van der Waals surface area contributed by atoms with Gasteiger partial charge in [0.2, 0.25) is 0 Å². The molecule has 0 N–H and O–H groups in total. The minimum Gasteiger partial charge on any atom is -0.300 e. The average Bonchev–Trinajstić information content (AvgIpc) is 2.03. The summed E-state index contributed by atoms with van der Waals surface area (Å²) >= 11 is 0. The van der Waals surface area contributed by atoms with Gasteiger partial charge in [-0.1, -0.05) is 13.8 Å². The lowest BCUT2D eigenvalue weighted by atomic mass is 9.77. The third-order valence-corrected chi connectivity index (χ3v) is 2.73. The molecule has 0 unspecified atom stereocenters. The summed E-state index contributed by atoms with van der Waals surface area (Å²) in [5.41, 5.74) is 0. The number of hydrogen-bond donors (Lipinski definition) is 0. The van der Waals surface area contributed by atoms with Crippen LogP contribution in [0.25, 0.3) is 0 Å². The molecule has 0 heterocycles. The Morgan fingerprint density at radius 2 is 2.25 bits per heavy atom.